The average Bonchev–Trinajstić information content (AvgIpc) is 3.65. The Morgan fingerprint density at radius 2 is 1.85 bits per heavy atom. The molecular weight excluding hydrogens is 524 g/mol. The number of ketones is 1. The number of carbonyl (C=O) groups excluding carboxylic acids is 2. The summed E-state index contributed by atoms with van der Waals surface area (Å²) in [5.74, 6) is 0.537. The van der Waals surface area contributed by atoms with Crippen LogP contribution in [0.15, 0.2) is 55.1 Å². The number of nitrogens with one attached hydrogen (secondary N) is 3. The van der Waals surface area contributed by atoms with Crippen molar-refractivity contribution in [3.63, 3.8) is 0 Å². The van der Waals surface area contributed by atoms with Crippen LogP contribution < -0.4 is 5.32 Å². The van der Waals surface area contributed by atoms with Crippen LogP contribution in [0.3, 0.4) is 0 Å². The lowest BCUT2D eigenvalue weighted by Crippen LogP contribution is -2.19. The summed E-state index contributed by atoms with van der Waals surface area (Å²) in [6.45, 7) is 7.62. The number of hydrogen-bond donors (Lipinski definition) is 3. The maximum absolute atomic E-state index is 12.4. The predicted octanol–water partition coefficient (Wildman–Crippen LogP) is 6.26. The molecule has 0 aliphatic rings. The smallest absolute Gasteiger partial charge is 0.224 e. The normalized spacial score (nSPS) is 11.8. The number of rotatable bonds is 6. The molecule has 0 spiro atoms. The number of carbonyl (C=O) groups is 2. The number of thiophene rings is 1. The second-order valence-electron chi connectivity index (χ2n) is 10.8. The first kappa shape index (κ1) is 25.5. The number of nitrogens with zero attached hydrogens (tertiary/aromatic N) is 5. The summed E-state index contributed by atoms with van der Waals surface area (Å²) < 4.78 is 0. The summed E-state index contributed by atoms with van der Waals surface area (Å²) in [5.41, 5.74) is 5.54. The molecule has 1 amide bonds. The van der Waals surface area contributed by atoms with Crippen LogP contribution in [0.2, 0.25) is 0 Å². The molecule has 40 heavy (non-hydrogen) atoms. The summed E-state index contributed by atoms with van der Waals surface area (Å²) in [6, 6.07) is 9.36. The third-order valence-corrected chi connectivity index (χ3v) is 7.46. The minimum absolute atomic E-state index is 0.0200. The van der Waals surface area contributed by atoms with Gasteiger partial charge >= 0.3 is 0 Å². The number of Topliss-reactive ketones (excluding diaryl/α,β-unsaturated/α-hetero) is 1. The largest absolute Gasteiger partial charge is 0.336 e. The van der Waals surface area contributed by atoms with Gasteiger partial charge in [-0.1, -0.05) is 20.8 Å². The zero-order valence-corrected chi connectivity index (χ0v) is 23.2. The number of pyridine rings is 3. The van der Waals surface area contributed by atoms with Crippen LogP contribution in [0.5, 0.6) is 0 Å². The van der Waals surface area contributed by atoms with Gasteiger partial charge in [0.2, 0.25) is 5.91 Å². The van der Waals surface area contributed by atoms with Crippen LogP contribution >= 0.6 is 11.3 Å². The van der Waals surface area contributed by atoms with Gasteiger partial charge in [0.05, 0.1) is 44.6 Å². The number of anilines is 1. The molecule has 0 saturated carbocycles. The van der Waals surface area contributed by atoms with Gasteiger partial charge in [0, 0.05) is 29.8 Å². The van der Waals surface area contributed by atoms with Crippen molar-refractivity contribution < 1.29 is 9.59 Å². The number of amides is 1. The molecule has 0 fully saturated rings. The maximum Gasteiger partial charge on any atom is 0.224 e. The number of hydrogen-bond acceptors (Lipinski definition) is 8. The predicted molar refractivity (Wildman–Crippen MR) is 156 cm³/mol. The summed E-state index contributed by atoms with van der Waals surface area (Å²) in [4.78, 5) is 47.5. The van der Waals surface area contributed by atoms with E-state index in [1.54, 1.807) is 31.7 Å². The van der Waals surface area contributed by atoms with E-state index in [4.69, 9.17) is 4.98 Å². The molecule has 6 aromatic heterocycles. The van der Waals surface area contributed by atoms with Gasteiger partial charge in [-0.3, -0.25) is 29.6 Å². The lowest BCUT2D eigenvalue weighted by molar-refractivity contribution is -0.117. The van der Waals surface area contributed by atoms with E-state index in [1.807, 2.05) is 51.1 Å². The Morgan fingerprint density at radius 3 is 2.62 bits per heavy atom. The number of fused-ring (bicyclic) bond motifs is 2. The molecule has 0 radical (unpaired) electrons. The first-order chi connectivity index (χ1) is 19.1. The molecule has 10 nitrogen and oxygen atoms in total. The van der Waals surface area contributed by atoms with E-state index in [-0.39, 0.29) is 17.1 Å². The van der Waals surface area contributed by atoms with Crippen molar-refractivity contribution in [3.8, 4) is 33.3 Å². The number of imidazole rings is 1. The van der Waals surface area contributed by atoms with E-state index in [9.17, 15) is 9.59 Å². The maximum atomic E-state index is 12.4. The third kappa shape index (κ3) is 4.98. The molecule has 6 rings (SSSR count). The second-order valence-corrected chi connectivity index (χ2v) is 11.9. The standard InChI is InChI=1S/C29H26N8O2S/c1-15(38)22-5-6-23(40-22)27-26-19(7-8-31-27)34-28(35-26)25-18-10-20(32-14-21(18)36-37-25)16-9-17(13-30-12-16)33-24(39)11-29(2,3)4/h5-10,12-14H,11H2,1-4H3,(H,33,39)(H,34,35)(H,36,37). The lowest BCUT2D eigenvalue weighted by atomic mass is 9.92. The van der Waals surface area contributed by atoms with Crippen LogP contribution in [0.25, 0.3) is 55.3 Å². The Hall–Kier alpha value is -4.77. The topological polar surface area (TPSA) is 142 Å². The number of aromatic nitrogens is 7. The Morgan fingerprint density at radius 1 is 1.00 bits per heavy atom. The SMILES string of the molecule is CC(=O)c1ccc(-c2nccc3[nH]c(-c4n[nH]c5cnc(-c6cncc(NC(=O)CC(C)(C)C)c6)cc45)nc23)s1. The van der Waals surface area contributed by atoms with Crippen LogP contribution in [0.4, 0.5) is 5.69 Å². The molecule has 6 heterocycles. The van der Waals surface area contributed by atoms with Crippen molar-refractivity contribution in [2.75, 3.05) is 5.32 Å². The van der Waals surface area contributed by atoms with Crippen LogP contribution in [-0.2, 0) is 4.79 Å². The van der Waals surface area contributed by atoms with Gasteiger partial charge in [0.1, 0.15) is 16.9 Å². The zero-order valence-electron chi connectivity index (χ0n) is 22.4. The zero-order chi connectivity index (χ0) is 28.0. The van der Waals surface area contributed by atoms with Gasteiger partial charge in [-0.05, 0) is 42.7 Å². The highest BCUT2D eigenvalue weighted by Gasteiger charge is 2.19. The van der Waals surface area contributed by atoms with E-state index in [0.29, 0.717) is 45.4 Å². The van der Waals surface area contributed by atoms with E-state index in [0.717, 1.165) is 26.9 Å². The Bertz CT molecular complexity index is 1910. The van der Waals surface area contributed by atoms with Gasteiger partial charge in [-0.2, -0.15) is 5.10 Å². The van der Waals surface area contributed by atoms with Crippen molar-refractivity contribution in [1.82, 2.24) is 35.1 Å². The summed E-state index contributed by atoms with van der Waals surface area (Å²) >= 11 is 1.40. The van der Waals surface area contributed by atoms with E-state index in [2.05, 4.69) is 35.5 Å². The molecule has 0 atom stereocenters. The minimum Gasteiger partial charge on any atom is -0.336 e. The van der Waals surface area contributed by atoms with Crippen LogP contribution in [0.1, 0.15) is 43.8 Å². The quantitative estimate of drug-likeness (QED) is 0.208. The minimum atomic E-state index is -0.117. The molecule has 0 aliphatic carbocycles. The molecule has 0 aromatic carbocycles. The van der Waals surface area contributed by atoms with E-state index < -0.39 is 0 Å². The molecule has 0 aliphatic heterocycles. The van der Waals surface area contributed by atoms with Crippen molar-refractivity contribution in [2.24, 2.45) is 5.41 Å². The van der Waals surface area contributed by atoms with Crippen molar-refractivity contribution >= 4 is 50.7 Å². The first-order valence-corrected chi connectivity index (χ1v) is 13.5. The third-order valence-electron chi connectivity index (χ3n) is 6.27. The summed E-state index contributed by atoms with van der Waals surface area (Å²) in [5, 5.41) is 11.3. The number of aromatic amines is 2. The molecule has 0 unspecified atom stereocenters. The van der Waals surface area contributed by atoms with E-state index >= 15 is 0 Å². The van der Waals surface area contributed by atoms with Crippen molar-refractivity contribution in [2.45, 2.75) is 34.1 Å². The fraction of sp³-hybridized carbons (Fsp3) is 0.207. The van der Waals surface area contributed by atoms with Gasteiger partial charge in [-0.25, -0.2) is 4.98 Å². The van der Waals surface area contributed by atoms with Gasteiger partial charge in [-0.15, -0.1) is 11.3 Å². The van der Waals surface area contributed by atoms with Crippen LogP contribution in [-0.4, -0.2) is 46.8 Å². The Kier molecular flexibility index (Phi) is 6.22. The van der Waals surface area contributed by atoms with Gasteiger partial charge < -0.3 is 10.3 Å². The first-order valence-electron chi connectivity index (χ1n) is 12.7. The Balaban J connectivity index is 1.36. The lowest BCUT2D eigenvalue weighted by Gasteiger charge is -2.17. The van der Waals surface area contributed by atoms with Gasteiger partial charge in [0.25, 0.3) is 0 Å². The molecule has 3 N–H and O–H groups in total. The monoisotopic (exact) mass is 550 g/mol. The summed E-state index contributed by atoms with van der Waals surface area (Å²) in [6.07, 6.45) is 7.18. The molecule has 0 saturated heterocycles. The van der Waals surface area contributed by atoms with Crippen molar-refractivity contribution in [3.05, 3.63) is 60.0 Å². The van der Waals surface area contributed by atoms with Crippen LogP contribution in [0, 0.1) is 5.41 Å². The highest BCUT2D eigenvalue weighted by Crippen LogP contribution is 2.34. The highest BCUT2D eigenvalue weighted by molar-refractivity contribution is 7.17. The molecule has 0 bridgehead atoms. The molecule has 6 aromatic rings. The Labute approximate surface area is 233 Å². The molecule has 11 heteroatoms. The highest BCUT2D eigenvalue weighted by atomic mass is 32.1. The van der Waals surface area contributed by atoms with E-state index in [1.165, 1.54) is 11.3 Å². The average molecular weight is 551 g/mol. The second kappa shape index (κ2) is 9.76. The van der Waals surface area contributed by atoms with Gasteiger partial charge in [0.15, 0.2) is 11.6 Å². The number of H-pyrrole nitrogens is 2. The fourth-order valence-corrected chi connectivity index (χ4v) is 5.37. The fourth-order valence-electron chi connectivity index (χ4n) is 4.47. The molecule has 200 valence electrons. The summed E-state index contributed by atoms with van der Waals surface area (Å²) in [7, 11) is 0. The molecular formula is C29H26N8O2S. The van der Waals surface area contributed by atoms with Crippen molar-refractivity contribution in [1.29, 1.82) is 0 Å².